The van der Waals surface area contributed by atoms with Crippen LogP contribution in [0.1, 0.15) is 26.3 Å². The molecule has 5 nitrogen and oxygen atoms in total. The molecule has 0 saturated carbocycles. The largest absolute Gasteiger partial charge is 0.486 e. The Morgan fingerprint density at radius 1 is 1.29 bits per heavy atom. The summed E-state index contributed by atoms with van der Waals surface area (Å²) in [6, 6.07) is 3.80. The van der Waals surface area contributed by atoms with Crippen molar-refractivity contribution in [2.45, 2.75) is 32.9 Å². The molecule has 21 heavy (non-hydrogen) atoms. The lowest BCUT2D eigenvalue weighted by atomic mass is 10.0. The van der Waals surface area contributed by atoms with Crippen LogP contribution < -0.4 is 9.47 Å². The van der Waals surface area contributed by atoms with E-state index in [1.165, 1.54) is 0 Å². The average Bonchev–Trinajstić information content (AvgIpc) is 2.37. The fourth-order valence-corrected chi connectivity index (χ4v) is 2.57. The van der Waals surface area contributed by atoms with Gasteiger partial charge in [-0.15, -0.1) is 0 Å². The normalized spacial score (nSPS) is 14.3. The Kier molecular flexibility index (Phi) is 4.78. The summed E-state index contributed by atoms with van der Waals surface area (Å²) in [7, 11) is 0. The van der Waals surface area contributed by atoms with Gasteiger partial charge >= 0.3 is 5.97 Å². The van der Waals surface area contributed by atoms with Crippen molar-refractivity contribution < 1.29 is 19.4 Å². The molecule has 6 heteroatoms. The van der Waals surface area contributed by atoms with Gasteiger partial charge in [-0.2, -0.15) is 0 Å². The first kappa shape index (κ1) is 16.1. The standard InChI is InChI=1S/C15H20BrNO4/c1-15(2,3)17(9-14(18)19)8-10-6-12-13(7-11(10)16)21-5-4-20-12/h6-7H,4-5,8-9H2,1-3H3,(H,18,19). The van der Waals surface area contributed by atoms with Gasteiger partial charge in [0.1, 0.15) is 13.2 Å². The topological polar surface area (TPSA) is 59.0 Å². The molecule has 1 N–H and O–H groups in total. The maximum Gasteiger partial charge on any atom is 0.317 e. The summed E-state index contributed by atoms with van der Waals surface area (Å²) in [4.78, 5) is 13.0. The number of carboxylic acids is 1. The van der Waals surface area contributed by atoms with Crippen molar-refractivity contribution in [2.24, 2.45) is 0 Å². The second-order valence-corrected chi connectivity index (χ2v) is 6.86. The van der Waals surface area contributed by atoms with Crippen molar-refractivity contribution in [3.8, 4) is 11.5 Å². The Morgan fingerprint density at radius 2 is 1.86 bits per heavy atom. The number of fused-ring (bicyclic) bond motifs is 1. The molecule has 1 aliphatic rings. The summed E-state index contributed by atoms with van der Waals surface area (Å²) in [6.45, 7) is 7.60. The summed E-state index contributed by atoms with van der Waals surface area (Å²) in [6.07, 6.45) is 0. The lowest BCUT2D eigenvalue weighted by Gasteiger charge is -2.34. The number of benzene rings is 1. The van der Waals surface area contributed by atoms with Crippen LogP contribution in [0.15, 0.2) is 16.6 Å². The molecule has 0 aromatic heterocycles. The second-order valence-electron chi connectivity index (χ2n) is 6.01. The molecule has 1 heterocycles. The molecule has 0 amide bonds. The summed E-state index contributed by atoms with van der Waals surface area (Å²) < 4.78 is 12.0. The van der Waals surface area contributed by atoms with Gasteiger partial charge in [-0.1, -0.05) is 15.9 Å². The number of nitrogens with zero attached hydrogens (tertiary/aromatic N) is 1. The molecule has 0 saturated heterocycles. The van der Waals surface area contributed by atoms with E-state index in [1.807, 2.05) is 37.8 Å². The third-order valence-corrected chi connectivity index (χ3v) is 4.09. The highest BCUT2D eigenvalue weighted by molar-refractivity contribution is 9.10. The van der Waals surface area contributed by atoms with Gasteiger partial charge in [-0.05, 0) is 38.5 Å². The summed E-state index contributed by atoms with van der Waals surface area (Å²) in [5.74, 6) is 0.597. The Hall–Kier alpha value is -1.27. The molecule has 0 aliphatic carbocycles. The van der Waals surface area contributed by atoms with Gasteiger partial charge in [0.25, 0.3) is 0 Å². The number of carbonyl (C=O) groups is 1. The first-order valence-corrected chi connectivity index (χ1v) is 7.61. The lowest BCUT2D eigenvalue weighted by molar-refractivity contribution is -0.139. The summed E-state index contributed by atoms with van der Waals surface area (Å²) >= 11 is 3.53. The predicted octanol–water partition coefficient (Wildman–Crippen LogP) is 2.91. The maximum atomic E-state index is 11.1. The molecule has 0 radical (unpaired) electrons. The van der Waals surface area contributed by atoms with Gasteiger partial charge < -0.3 is 14.6 Å². The van der Waals surface area contributed by atoms with Crippen LogP contribution in [0.5, 0.6) is 11.5 Å². The van der Waals surface area contributed by atoms with Gasteiger partial charge in [0, 0.05) is 16.6 Å². The molecule has 1 aromatic carbocycles. The van der Waals surface area contributed by atoms with Crippen LogP contribution in [-0.2, 0) is 11.3 Å². The fourth-order valence-electron chi connectivity index (χ4n) is 2.13. The first-order valence-electron chi connectivity index (χ1n) is 6.82. The molecule has 0 atom stereocenters. The monoisotopic (exact) mass is 357 g/mol. The molecule has 1 aromatic rings. The van der Waals surface area contributed by atoms with Crippen LogP contribution in [0.4, 0.5) is 0 Å². The lowest BCUT2D eigenvalue weighted by Crippen LogP contribution is -2.43. The Bertz CT molecular complexity index is 539. The molecule has 2 rings (SSSR count). The number of rotatable bonds is 4. The van der Waals surface area contributed by atoms with E-state index in [0.29, 0.717) is 25.5 Å². The van der Waals surface area contributed by atoms with Crippen molar-refractivity contribution in [2.75, 3.05) is 19.8 Å². The minimum atomic E-state index is -0.835. The minimum Gasteiger partial charge on any atom is -0.486 e. The molecular formula is C15H20BrNO4. The average molecular weight is 358 g/mol. The Labute approximate surface area is 133 Å². The van der Waals surface area contributed by atoms with Crippen LogP contribution in [-0.4, -0.2) is 41.3 Å². The zero-order chi connectivity index (χ0) is 15.6. The van der Waals surface area contributed by atoms with E-state index in [1.54, 1.807) is 0 Å². The van der Waals surface area contributed by atoms with Gasteiger partial charge in [0.05, 0.1) is 6.54 Å². The van der Waals surface area contributed by atoms with Gasteiger partial charge in [-0.3, -0.25) is 9.69 Å². The van der Waals surface area contributed by atoms with E-state index < -0.39 is 5.97 Å². The third-order valence-electron chi connectivity index (χ3n) is 3.35. The van der Waals surface area contributed by atoms with Gasteiger partial charge in [0.2, 0.25) is 0 Å². The van der Waals surface area contributed by atoms with Crippen molar-refractivity contribution >= 4 is 21.9 Å². The number of hydrogen-bond donors (Lipinski definition) is 1. The van der Waals surface area contributed by atoms with E-state index in [2.05, 4.69) is 15.9 Å². The molecule has 1 aliphatic heterocycles. The van der Waals surface area contributed by atoms with Gasteiger partial charge in [0.15, 0.2) is 11.5 Å². The molecule has 0 unspecified atom stereocenters. The first-order chi connectivity index (χ1) is 9.77. The van der Waals surface area contributed by atoms with E-state index in [-0.39, 0.29) is 12.1 Å². The molecular weight excluding hydrogens is 338 g/mol. The van der Waals surface area contributed by atoms with E-state index in [9.17, 15) is 4.79 Å². The highest BCUT2D eigenvalue weighted by Gasteiger charge is 2.25. The predicted molar refractivity (Wildman–Crippen MR) is 82.9 cm³/mol. The molecule has 0 fully saturated rings. The highest BCUT2D eigenvalue weighted by atomic mass is 79.9. The summed E-state index contributed by atoms with van der Waals surface area (Å²) in [5, 5.41) is 9.09. The van der Waals surface area contributed by atoms with E-state index in [0.717, 1.165) is 15.8 Å². The maximum absolute atomic E-state index is 11.1. The SMILES string of the molecule is CC(C)(C)N(CC(=O)O)Cc1cc2c(cc1Br)OCCO2. The summed E-state index contributed by atoms with van der Waals surface area (Å²) in [5.41, 5.74) is 0.737. The van der Waals surface area contributed by atoms with Crippen molar-refractivity contribution in [3.63, 3.8) is 0 Å². The van der Waals surface area contributed by atoms with Crippen LogP contribution in [0.2, 0.25) is 0 Å². The molecule has 116 valence electrons. The number of carboxylic acid groups (broad SMARTS) is 1. The second kappa shape index (κ2) is 6.23. The Morgan fingerprint density at radius 3 is 2.38 bits per heavy atom. The number of aliphatic carboxylic acids is 1. The Balaban J connectivity index is 2.26. The molecule has 0 spiro atoms. The number of ether oxygens (including phenoxy) is 2. The van der Waals surface area contributed by atoms with Crippen LogP contribution in [0.25, 0.3) is 0 Å². The number of halogens is 1. The van der Waals surface area contributed by atoms with E-state index >= 15 is 0 Å². The van der Waals surface area contributed by atoms with Crippen molar-refractivity contribution in [3.05, 3.63) is 22.2 Å². The van der Waals surface area contributed by atoms with Crippen LogP contribution in [0, 0.1) is 0 Å². The zero-order valence-electron chi connectivity index (χ0n) is 12.5. The molecule has 0 bridgehead atoms. The van der Waals surface area contributed by atoms with E-state index in [4.69, 9.17) is 14.6 Å². The fraction of sp³-hybridized carbons (Fsp3) is 0.533. The highest BCUT2D eigenvalue weighted by Crippen LogP contribution is 2.36. The van der Waals surface area contributed by atoms with Gasteiger partial charge in [-0.25, -0.2) is 0 Å². The van der Waals surface area contributed by atoms with Crippen molar-refractivity contribution in [1.82, 2.24) is 4.90 Å². The third kappa shape index (κ3) is 4.11. The van der Waals surface area contributed by atoms with Crippen LogP contribution >= 0.6 is 15.9 Å². The quantitative estimate of drug-likeness (QED) is 0.897. The van der Waals surface area contributed by atoms with Crippen LogP contribution in [0.3, 0.4) is 0 Å². The van der Waals surface area contributed by atoms with Crippen molar-refractivity contribution in [1.29, 1.82) is 0 Å². The number of hydrogen-bond acceptors (Lipinski definition) is 4. The minimum absolute atomic E-state index is 0.00954. The zero-order valence-corrected chi connectivity index (χ0v) is 14.1. The smallest absolute Gasteiger partial charge is 0.317 e.